The molecule has 0 spiro atoms. The molecule has 1 amide bonds. The van der Waals surface area contributed by atoms with Crippen LogP contribution < -0.4 is 10.6 Å². The van der Waals surface area contributed by atoms with Crippen LogP contribution in [0.5, 0.6) is 0 Å². The number of amides is 1. The van der Waals surface area contributed by atoms with Crippen molar-refractivity contribution in [2.24, 2.45) is 0 Å². The molecule has 0 bridgehead atoms. The number of nitrogens with one attached hydrogen (secondary N) is 2. The summed E-state index contributed by atoms with van der Waals surface area (Å²) in [5.41, 5.74) is 0.306. The molecule has 0 fully saturated rings. The standard InChI is InChI=1S/C13H23N5O2/c1-18(2)9-4-7-14-12-6-5-11(16-17-12)13(19)15-8-10-20-3/h5-6H,4,7-10H2,1-3H3,(H,14,17)(H,15,19). The molecule has 1 aromatic heterocycles. The third-order valence-corrected chi connectivity index (χ3v) is 2.58. The number of rotatable bonds is 9. The van der Waals surface area contributed by atoms with Crippen LogP contribution in [0.1, 0.15) is 16.9 Å². The molecule has 7 nitrogen and oxygen atoms in total. The smallest absolute Gasteiger partial charge is 0.271 e. The van der Waals surface area contributed by atoms with Crippen LogP contribution in [-0.2, 0) is 4.74 Å². The quantitative estimate of drug-likeness (QED) is 0.630. The Labute approximate surface area is 119 Å². The molecule has 0 aliphatic heterocycles. The van der Waals surface area contributed by atoms with E-state index in [4.69, 9.17) is 4.74 Å². The van der Waals surface area contributed by atoms with Gasteiger partial charge in [-0.25, -0.2) is 0 Å². The lowest BCUT2D eigenvalue weighted by molar-refractivity contribution is 0.0931. The number of ether oxygens (including phenoxy) is 1. The molecule has 0 unspecified atom stereocenters. The van der Waals surface area contributed by atoms with Crippen LogP contribution in [0.15, 0.2) is 12.1 Å². The summed E-state index contributed by atoms with van der Waals surface area (Å²) in [5, 5.41) is 13.7. The van der Waals surface area contributed by atoms with Gasteiger partial charge in [-0.2, -0.15) is 0 Å². The SMILES string of the molecule is COCCNC(=O)c1ccc(NCCCN(C)C)nn1. The van der Waals surface area contributed by atoms with Gasteiger partial charge in [-0.1, -0.05) is 0 Å². The van der Waals surface area contributed by atoms with Crippen LogP contribution in [0.25, 0.3) is 0 Å². The highest BCUT2D eigenvalue weighted by Gasteiger charge is 2.07. The topological polar surface area (TPSA) is 79.4 Å². The summed E-state index contributed by atoms with van der Waals surface area (Å²) < 4.78 is 4.85. The van der Waals surface area contributed by atoms with Crippen LogP contribution in [0.3, 0.4) is 0 Å². The Bertz CT molecular complexity index is 394. The van der Waals surface area contributed by atoms with Crippen molar-refractivity contribution in [2.45, 2.75) is 6.42 Å². The van der Waals surface area contributed by atoms with E-state index in [1.165, 1.54) is 0 Å². The van der Waals surface area contributed by atoms with E-state index < -0.39 is 0 Å². The van der Waals surface area contributed by atoms with Crippen LogP contribution in [0, 0.1) is 0 Å². The molecule has 20 heavy (non-hydrogen) atoms. The minimum Gasteiger partial charge on any atom is -0.383 e. The average molecular weight is 281 g/mol. The van der Waals surface area contributed by atoms with Crippen molar-refractivity contribution in [1.82, 2.24) is 20.4 Å². The number of carbonyl (C=O) groups excluding carboxylic acids is 1. The Hall–Kier alpha value is -1.73. The molecule has 0 saturated carbocycles. The summed E-state index contributed by atoms with van der Waals surface area (Å²) in [4.78, 5) is 13.8. The van der Waals surface area contributed by atoms with E-state index in [2.05, 4.69) is 25.7 Å². The van der Waals surface area contributed by atoms with E-state index in [1.807, 2.05) is 14.1 Å². The zero-order chi connectivity index (χ0) is 14.8. The number of carbonyl (C=O) groups is 1. The van der Waals surface area contributed by atoms with Gasteiger partial charge in [-0.15, -0.1) is 10.2 Å². The molecular formula is C13H23N5O2. The second-order valence-electron chi connectivity index (χ2n) is 4.64. The van der Waals surface area contributed by atoms with E-state index in [0.29, 0.717) is 24.7 Å². The van der Waals surface area contributed by atoms with Crippen molar-refractivity contribution in [3.63, 3.8) is 0 Å². The van der Waals surface area contributed by atoms with E-state index in [9.17, 15) is 4.79 Å². The minimum absolute atomic E-state index is 0.242. The first kappa shape index (κ1) is 16.3. The number of anilines is 1. The van der Waals surface area contributed by atoms with Gasteiger partial charge in [0.25, 0.3) is 5.91 Å². The van der Waals surface area contributed by atoms with Crippen molar-refractivity contribution < 1.29 is 9.53 Å². The van der Waals surface area contributed by atoms with E-state index >= 15 is 0 Å². The fraction of sp³-hybridized carbons (Fsp3) is 0.615. The molecule has 1 aromatic rings. The highest BCUT2D eigenvalue weighted by Crippen LogP contribution is 2.02. The maximum absolute atomic E-state index is 11.7. The van der Waals surface area contributed by atoms with Crippen LogP contribution >= 0.6 is 0 Å². The fourth-order valence-corrected chi connectivity index (χ4v) is 1.52. The molecule has 112 valence electrons. The molecule has 1 heterocycles. The first-order valence-electron chi connectivity index (χ1n) is 6.63. The molecule has 0 atom stereocenters. The Morgan fingerprint density at radius 3 is 2.70 bits per heavy atom. The molecule has 0 aliphatic carbocycles. The summed E-state index contributed by atoms with van der Waals surface area (Å²) in [7, 11) is 5.66. The summed E-state index contributed by atoms with van der Waals surface area (Å²) in [6.45, 7) is 2.78. The molecule has 1 rings (SSSR count). The van der Waals surface area contributed by atoms with Crippen molar-refractivity contribution in [1.29, 1.82) is 0 Å². The van der Waals surface area contributed by atoms with Crippen LogP contribution in [0.4, 0.5) is 5.82 Å². The van der Waals surface area contributed by atoms with E-state index in [1.54, 1.807) is 19.2 Å². The summed E-state index contributed by atoms with van der Waals surface area (Å²) in [6, 6.07) is 3.41. The third kappa shape index (κ3) is 6.44. The van der Waals surface area contributed by atoms with Gasteiger partial charge in [0.1, 0.15) is 5.82 Å². The van der Waals surface area contributed by atoms with Crippen molar-refractivity contribution in [3.05, 3.63) is 17.8 Å². The van der Waals surface area contributed by atoms with Gasteiger partial charge in [0.2, 0.25) is 0 Å². The van der Waals surface area contributed by atoms with E-state index in [0.717, 1.165) is 19.5 Å². The summed E-state index contributed by atoms with van der Waals surface area (Å²) in [6.07, 6.45) is 1.02. The fourth-order valence-electron chi connectivity index (χ4n) is 1.52. The van der Waals surface area contributed by atoms with Gasteiger partial charge in [0.15, 0.2) is 5.69 Å². The van der Waals surface area contributed by atoms with Crippen molar-refractivity contribution in [3.8, 4) is 0 Å². The predicted octanol–water partition coefficient (Wildman–Crippen LogP) is 0.216. The second kappa shape index (κ2) is 9.22. The van der Waals surface area contributed by atoms with Gasteiger partial charge >= 0.3 is 0 Å². The largest absolute Gasteiger partial charge is 0.383 e. The monoisotopic (exact) mass is 281 g/mol. The normalized spacial score (nSPS) is 10.6. The zero-order valence-corrected chi connectivity index (χ0v) is 12.3. The highest BCUT2D eigenvalue weighted by molar-refractivity contribution is 5.92. The molecule has 0 aromatic carbocycles. The van der Waals surface area contributed by atoms with Crippen LogP contribution in [-0.4, -0.2) is 68.5 Å². The van der Waals surface area contributed by atoms with Gasteiger partial charge < -0.3 is 20.3 Å². The molecule has 0 saturated heterocycles. The lowest BCUT2D eigenvalue weighted by atomic mass is 10.3. The summed E-state index contributed by atoms with van der Waals surface area (Å²) in [5.74, 6) is 0.436. The zero-order valence-electron chi connectivity index (χ0n) is 12.3. The maximum Gasteiger partial charge on any atom is 0.271 e. The predicted molar refractivity (Wildman–Crippen MR) is 77.9 cm³/mol. The Morgan fingerprint density at radius 1 is 1.30 bits per heavy atom. The number of aromatic nitrogens is 2. The van der Waals surface area contributed by atoms with Gasteiger partial charge in [-0.05, 0) is 39.2 Å². The molecular weight excluding hydrogens is 258 g/mol. The Balaban J connectivity index is 2.34. The maximum atomic E-state index is 11.7. The Morgan fingerprint density at radius 2 is 2.10 bits per heavy atom. The van der Waals surface area contributed by atoms with Crippen LogP contribution in [0.2, 0.25) is 0 Å². The van der Waals surface area contributed by atoms with Gasteiger partial charge in [0, 0.05) is 20.2 Å². The van der Waals surface area contributed by atoms with Gasteiger partial charge in [-0.3, -0.25) is 4.79 Å². The molecule has 0 aliphatic rings. The summed E-state index contributed by atoms with van der Waals surface area (Å²) >= 11 is 0. The molecule has 7 heteroatoms. The Kier molecular flexibility index (Phi) is 7.52. The van der Waals surface area contributed by atoms with Crippen molar-refractivity contribution >= 4 is 11.7 Å². The number of hydrogen-bond acceptors (Lipinski definition) is 6. The number of nitrogens with zero attached hydrogens (tertiary/aromatic N) is 3. The number of hydrogen-bond donors (Lipinski definition) is 2. The molecule has 2 N–H and O–H groups in total. The molecule has 0 radical (unpaired) electrons. The highest BCUT2D eigenvalue weighted by atomic mass is 16.5. The number of methoxy groups -OCH3 is 1. The minimum atomic E-state index is -0.242. The first-order valence-corrected chi connectivity index (χ1v) is 6.63. The first-order chi connectivity index (χ1) is 9.63. The lowest BCUT2D eigenvalue weighted by Crippen LogP contribution is -2.28. The average Bonchev–Trinajstić information content (AvgIpc) is 2.44. The van der Waals surface area contributed by atoms with Crippen molar-refractivity contribution in [2.75, 3.05) is 52.8 Å². The van der Waals surface area contributed by atoms with E-state index in [-0.39, 0.29) is 5.91 Å². The second-order valence-corrected chi connectivity index (χ2v) is 4.64. The van der Waals surface area contributed by atoms with Gasteiger partial charge in [0.05, 0.1) is 6.61 Å². The lowest BCUT2D eigenvalue weighted by Gasteiger charge is -2.10. The third-order valence-electron chi connectivity index (χ3n) is 2.58.